The number of ketones is 1. The zero-order chi connectivity index (χ0) is 25.0. The molecule has 0 amide bonds. The quantitative estimate of drug-likeness (QED) is 0.154. The summed E-state index contributed by atoms with van der Waals surface area (Å²) >= 11 is 0. The van der Waals surface area contributed by atoms with E-state index in [0.717, 1.165) is 32.3 Å². The van der Waals surface area contributed by atoms with E-state index in [0.29, 0.717) is 10.8 Å². The van der Waals surface area contributed by atoms with Crippen LogP contribution in [0, 0.1) is 0 Å². The standard InChI is InChI=1S/C31H22O5/c32-29(19-13-25-21-7-3-1-5-17(21)9-11-23(25)27(15-19)30(33)34)20-14-26-22-8-4-2-6-18(22)10-12-24(26)28(16-20)31(35)36/h1-16,30-31,33-36H. The maximum atomic E-state index is 13.8. The zero-order valence-corrected chi connectivity index (χ0v) is 19.1. The van der Waals surface area contributed by atoms with Gasteiger partial charge in [-0.1, -0.05) is 72.8 Å². The Morgan fingerprint density at radius 1 is 0.472 bits per heavy atom. The van der Waals surface area contributed by atoms with Crippen LogP contribution < -0.4 is 0 Å². The van der Waals surface area contributed by atoms with E-state index < -0.39 is 12.6 Å². The molecule has 0 saturated carbocycles. The maximum Gasteiger partial charge on any atom is 0.193 e. The smallest absolute Gasteiger partial charge is 0.193 e. The van der Waals surface area contributed by atoms with Crippen molar-refractivity contribution in [3.63, 3.8) is 0 Å². The lowest BCUT2D eigenvalue weighted by molar-refractivity contribution is -0.0418. The minimum absolute atomic E-state index is 0.232. The fraction of sp³-hybridized carbons (Fsp3) is 0.0645. The van der Waals surface area contributed by atoms with Gasteiger partial charge in [0, 0.05) is 22.3 Å². The summed E-state index contributed by atoms with van der Waals surface area (Å²) in [6.07, 6.45) is -3.53. The molecule has 0 atom stereocenters. The minimum atomic E-state index is -1.77. The normalized spacial score (nSPS) is 11.9. The van der Waals surface area contributed by atoms with Gasteiger partial charge < -0.3 is 20.4 Å². The molecule has 6 rings (SSSR count). The number of hydrogen-bond acceptors (Lipinski definition) is 5. The van der Waals surface area contributed by atoms with Gasteiger partial charge in [-0.05, 0) is 67.4 Å². The average molecular weight is 475 g/mol. The molecule has 0 aliphatic carbocycles. The molecule has 0 fully saturated rings. The van der Waals surface area contributed by atoms with Crippen molar-refractivity contribution in [2.24, 2.45) is 0 Å². The van der Waals surface area contributed by atoms with Crippen molar-refractivity contribution in [1.29, 1.82) is 0 Å². The van der Waals surface area contributed by atoms with Gasteiger partial charge in [-0.15, -0.1) is 0 Å². The molecule has 0 spiro atoms. The third-order valence-electron chi connectivity index (χ3n) is 6.87. The lowest BCUT2D eigenvalue weighted by Crippen LogP contribution is -2.07. The Morgan fingerprint density at radius 3 is 1.31 bits per heavy atom. The van der Waals surface area contributed by atoms with Crippen LogP contribution in [-0.4, -0.2) is 26.2 Å². The predicted molar refractivity (Wildman–Crippen MR) is 141 cm³/mol. The highest BCUT2D eigenvalue weighted by molar-refractivity contribution is 6.18. The second-order valence-electron chi connectivity index (χ2n) is 8.97. The van der Waals surface area contributed by atoms with Gasteiger partial charge in [-0.25, -0.2) is 0 Å². The monoisotopic (exact) mass is 474 g/mol. The van der Waals surface area contributed by atoms with Crippen LogP contribution in [0.1, 0.15) is 39.6 Å². The zero-order valence-electron chi connectivity index (χ0n) is 19.1. The molecule has 0 aliphatic heterocycles. The molecule has 0 heterocycles. The number of rotatable bonds is 4. The van der Waals surface area contributed by atoms with Crippen LogP contribution >= 0.6 is 0 Å². The molecule has 0 bridgehead atoms. The Balaban J connectivity index is 1.63. The maximum absolute atomic E-state index is 13.8. The van der Waals surface area contributed by atoms with Crippen molar-refractivity contribution in [1.82, 2.24) is 0 Å². The molecule has 6 aromatic rings. The lowest BCUT2D eigenvalue weighted by Gasteiger charge is -2.15. The summed E-state index contributed by atoms with van der Waals surface area (Å²) in [6, 6.07) is 29.4. The number of carbonyl (C=O) groups is 1. The minimum Gasteiger partial charge on any atom is -0.364 e. The van der Waals surface area contributed by atoms with Crippen LogP contribution in [0.2, 0.25) is 0 Å². The van der Waals surface area contributed by atoms with Crippen LogP contribution in [0.25, 0.3) is 43.1 Å². The molecule has 36 heavy (non-hydrogen) atoms. The number of hydrogen-bond donors (Lipinski definition) is 4. The number of fused-ring (bicyclic) bond motifs is 6. The topological polar surface area (TPSA) is 98.0 Å². The second kappa shape index (κ2) is 8.52. The van der Waals surface area contributed by atoms with Gasteiger partial charge in [-0.2, -0.15) is 0 Å². The second-order valence-corrected chi connectivity index (χ2v) is 8.97. The van der Waals surface area contributed by atoms with Crippen molar-refractivity contribution < 1.29 is 25.2 Å². The summed E-state index contributed by atoms with van der Waals surface area (Å²) in [5.41, 5.74) is 1.02. The Kier molecular flexibility index (Phi) is 5.29. The molecule has 0 aliphatic rings. The van der Waals surface area contributed by atoms with Crippen LogP contribution in [0.5, 0.6) is 0 Å². The van der Waals surface area contributed by atoms with E-state index in [1.165, 1.54) is 12.1 Å². The SMILES string of the molecule is O=C(c1cc(C(O)O)c2ccc3ccccc3c2c1)c1cc(C(O)O)c2ccc3ccccc3c2c1. The van der Waals surface area contributed by atoms with Crippen LogP contribution in [0.3, 0.4) is 0 Å². The molecule has 5 nitrogen and oxygen atoms in total. The number of aliphatic hydroxyl groups excluding tert-OH is 2. The molecular weight excluding hydrogens is 452 g/mol. The average Bonchev–Trinajstić information content (AvgIpc) is 2.90. The highest BCUT2D eigenvalue weighted by atomic mass is 16.5. The third kappa shape index (κ3) is 3.54. The summed E-state index contributed by atoms with van der Waals surface area (Å²) in [5, 5.41) is 47.0. The summed E-state index contributed by atoms with van der Waals surface area (Å²) < 4.78 is 0. The van der Waals surface area contributed by atoms with Crippen LogP contribution in [0.4, 0.5) is 0 Å². The van der Waals surface area contributed by atoms with Crippen molar-refractivity contribution in [2.45, 2.75) is 12.6 Å². The molecule has 176 valence electrons. The number of carbonyl (C=O) groups excluding carboxylic acids is 1. The Labute approximate surface area is 206 Å². The van der Waals surface area contributed by atoms with Crippen molar-refractivity contribution in [3.8, 4) is 0 Å². The van der Waals surface area contributed by atoms with Gasteiger partial charge in [0.1, 0.15) is 0 Å². The molecular formula is C31H22O5. The van der Waals surface area contributed by atoms with E-state index in [4.69, 9.17) is 0 Å². The predicted octanol–water partition coefficient (Wildman–Crippen LogP) is 5.50. The third-order valence-corrected chi connectivity index (χ3v) is 6.87. The van der Waals surface area contributed by atoms with Crippen LogP contribution in [-0.2, 0) is 0 Å². The van der Waals surface area contributed by atoms with Gasteiger partial charge in [0.15, 0.2) is 18.4 Å². The highest BCUT2D eigenvalue weighted by Crippen LogP contribution is 2.35. The molecule has 6 aromatic carbocycles. The first-order valence-corrected chi connectivity index (χ1v) is 11.6. The molecule has 0 saturated heterocycles. The summed E-state index contributed by atoms with van der Waals surface area (Å²) in [7, 11) is 0. The fourth-order valence-electron chi connectivity index (χ4n) is 5.15. The number of aliphatic hydroxyl groups is 4. The first-order chi connectivity index (χ1) is 17.4. The Bertz CT molecular complexity index is 1680. The number of benzene rings is 6. The van der Waals surface area contributed by atoms with Crippen LogP contribution in [0.15, 0.2) is 97.1 Å². The molecule has 0 unspecified atom stereocenters. The molecule has 0 radical (unpaired) electrons. The molecule has 5 heteroatoms. The van der Waals surface area contributed by atoms with Gasteiger partial charge in [0.05, 0.1) is 0 Å². The van der Waals surface area contributed by atoms with E-state index in [1.54, 1.807) is 12.1 Å². The lowest BCUT2D eigenvalue weighted by atomic mass is 9.90. The fourth-order valence-corrected chi connectivity index (χ4v) is 5.15. The van der Waals surface area contributed by atoms with Crippen molar-refractivity contribution in [2.75, 3.05) is 0 Å². The van der Waals surface area contributed by atoms with Gasteiger partial charge in [-0.3, -0.25) is 4.79 Å². The van der Waals surface area contributed by atoms with E-state index >= 15 is 0 Å². The Hall–Kier alpha value is -4.13. The van der Waals surface area contributed by atoms with Gasteiger partial charge in [0.2, 0.25) is 0 Å². The van der Waals surface area contributed by atoms with Crippen molar-refractivity contribution >= 4 is 48.9 Å². The summed E-state index contributed by atoms with van der Waals surface area (Å²) in [5.74, 6) is -0.358. The first kappa shape index (κ1) is 22.3. The summed E-state index contributed by atoms with van der Waals surface area (Å²) in [6.45, 7) is 0. The highest BCUT2D eigenvalue weighted by Gasteiger charge is 2.20. The summed E-state index contributed by atoms with van der Waals surface area (Å²) in [4.78, 5) is 13.8. The Morgan fingerprint density at radius 2 is 0.889 bits per heavy atom. The largest absolute Gasteiger partial charge is 0.364 e. The van der Waals surface area contributed by atoms with E-state index in [1.807, 2.05) is 72.8 Å². The molecule has 4 N–H and O–H groups in total. The first-order valence-electron chi connectivity index (χ1n) is 11.6. The van der Waals surface area contributed by atoms with E-state index in [2.05, 4.69) is 0 Å². The van der Waals surface area contributed by atoms with E-state index in [9.17, 15) is 25.2 Å². The van der Waals surface area contributed by atoms with Gasteiger partial charge >= 0.3 is 0 Å². The molecule has 0 aromatic heterocycles. The van der Waals surface area contributed by atoms with E-state index in [-0.39, 0.29) is 28.0 Å². The van der Waals surface area contributed by atoms with Crippen molar-refractivity contribution in [3.05, 3.63) is 119 Å². The van der Waals surface area contributed by atoms with Gasteiger partial charge in [0.25, 0.3) is 0 Å².